The predicted octanol–water partition coefficient (Wildman–Crippen LogP) is 1.38. The van der Waals surface area contributed by atoms with Gasteiger partial charge < -0.3 is 15.1 Å². The Morgan fingerprint density at radius 3 is 2.75 bits per heavy atom. The van der Waals surface area contributed by atoms with Crippen molar-refractivity contribution in [2.24, 2.45) is 0 Å². The highest BCUT2D eigenvalue weighted by Gasteiger charge is 2.21. The number of hydrogen-bond acceptors (Lipinski definition) is 4. The van der Waals surface area contributed by atoms with E-state index in [1.54, 1.807) is 19.1 Å². The number of anilines is 1. The summed E-state index contributed by atoms with van der Waals surface area (Å²) >= 11 is 0. The molecule has 0 saturated carbocycles. The van der Waals surface area contributed by atoms with Gasteiger partial charge in [-0.15, -0.1) is 0 Å². The van der Waals surface area contributed by atoms with E-state index < -0.39 is 6.10 Å². The number of hydrogen-bond donors (Lipinski definition) is 2. The first-order valence-corrected chi connectivity index (χ1v) is 7.18. The molecule has 1 atom stereocenters. The minimum Gasteiger partial charge on any atom is -0.395 e. The Kier molecular flexibility index (Phi) is 5.34. The standard InChI is InChI=1S/C15H23FN2O2/c1-12(20)13-4-2-5-14(16)15(13)18-7-3-6-17(8-9-18)10-11-19/h2,4-5,12,19-20H,3,6-11H2,1H3/t12-/m0/s1. The van der Waals surface area contributed by atoms with E-state index in [1.165, 1.54) is 6.07 Å². The van der Waals surface area contributed by atoms with Crippen molar-refractivity contribution in [2.45, 2.75) is 19.4 Å². The first-order chi connectivity index (χ1) is 9.63. The molecule has 0 spiro atoms. The molecule has 0 aliphatic carbocycles. The van der Waals surface area contributed by atoms with Crippen molar-refractivity contribution in [1.82, 2.24) is 4.90 Å². The predicted molar refractivity (Wildman–Crippen MR) is 77.4 cm³/mol. The number of β-amino-alcohol motifs (C(OH)–C–C–N with tert-alkyl or cyclic N) is 1. The van der Waals surface area contributed by atoms with Gasteiger partial charge in [0, 0.05) is 31.7 Å². The van der Waals surface area contributed by atoms with Crippen LogP contribution in [0.5, 0.6) is 0 Å². The smallest absolute Gasteiger partial charge is 0.146 e. The van der Waals surface area contributed by atoms with Crippen LogP contribution in [0.15, 0.2) is 18.2 Å². The Morgan fingerprint density at radius 2 is 2.05 bits per heavy atom. The van der Waals surface area contributed by atoms with E-state index in [0.29, 0.717) is 24.3 Å². The zero-order chi connectivity index (χ0) is 14.5. The van der Waals surface area contributed by atoms with Crippen molar-refractivity contribution in [3.63, 3.8) is 0 Å². The summed E-state index contributed by atoms with van der Waals surface area (Å²) in [6.07, 6.45) is 0.241. The van der Waals surface area contributed by atoms with Gasteiger partial charge in [-0.2, -0.15) is 0 Å². The van der Waals surface area contributed by atoms with Crippen LogP contribution in [0.25, 0.3) is 0 Å². The summed E-state index contributed by atoms with van der Waals surface area (Å²) in [5, 5.41) is 18.8. The topological polar surface area (TPSA) is 46.9 Å². The number of benzene rings is 1. The summed E-state index contributed by atoms with van der Waals surface area (Å²) in [7, 11) is 0. The number of aliphatic hydroxyl groups is 2. The van der Waals surface area contributed by atoms with Crippen LogP contribution in [0, 0.1) is 5.82 Å². The highest BCUT2D eigenvalue weighted by Crippen LogP contribution is 2.30. The molecule has 20 heavy (non-hydrogen) atoms. The summed E-state index contributed by atoms with van der Waals surface area (Å²) in [5.74, 6) is -0.279. The van der Waals surface area contributed by atoms with Crippen molar-refractivity contribution >= 4 is 5.69 Å². The Labute approximate surface area is 119 Å². The number of aliphatic hydroxyl groups excluding tert-OH is 2. The zero-order valence-electron chi connectivity index (χ0n) is 11.9. The number of nitrogens with zero attached hydrogens (tertiary/aromatic N) is 2. The Bertz CT molecular complexity index is 440. The van der Waals surface area contributed by atoms with E-state index in [9.17, 15) is 9.50 Å². The Hall–Kier alpha value is -1.17. The van der Waals surface area contributed by atoms with Gasteiger partial charge in [0.25, 0.3) is 0 Å². The van der Waals surface area contributed by atoms with E-state index >= 15 is 0 Å². The molecule has 0 amide bonds. The molecule has 1 saturated heterocycles. The zero-order valence-corrected chi connectivity index (χ0v) is 11.9. The summed E-state index contributed by atoms with van der Waals surface area (Å²) in [5.41, 5.74) is 1.16. The van der Waals surface area contributed by atoms with E-state index in [1.807, 2.05) is 4.90 Å². The maximum absolute atomic E-state index is 14.2. The molecule has 2 rings (SSSR count). The minimum atomic E-state index is -0.683. The van der Waals surface area contributed by atoms with Gasteiger partial charge in [-0.1, -0.05) is 12.1 Å². The summed E-state index contributed by atoms with van der Waals surface area (Å²) < 4.78 is 14.2. The Morgan fingerprint density at radius 1 is 1.25 bits per heavy atom. The fourth-order valence-electron chi connectivity index (χ4n) is 2.76. The van der Waals surface area contributed by atoms with E-state index in [0.717, 1.165) is 26.1 Å². The van der Waals surface area contributed by atoms with Crippen molar-refractivity contribution < 1.29 is 14.6 Å². The Balaban J connectivity index is 2.19. The van der Waals surface area contributed by atoms with Crippen molar-refractivity contribution in [3.8, 4) is 0 Å². The highest BCUT2D eigenvalue weighted by molar-refractivity contribution is 5.56. The second-order valence-corrected chi connectivity index (χ2v) is 5.26. The summed E-state index contributed by atoms with van der Waals surface area (Å²) in [6, 6.07) is 4.85. The molecule has 0 bridgehead atoms. The number of rotatable bonds is 4. The minimum absolute atomic E-state index is 0.151. The average Bonchev–Trinajstić information content (AvgIpc) is 2.64. The monoisotopic (exact) mass is 282 g/mol. The third-order valence-electron chi connectivity index (χ3n) is 3.79. The molecule has 1 fully saturated rings. The fraction of sp³-hybridized carbons (Fsp3) is 0.600. The van der Waals surface area contributed by atoms with Crippen molar-refractivity contribution in [2.75, 3.05) is 44.2 Å². The van der Waals surface area contributed by atoms with Gasteiger partial charge in [0.2, 0.25) is 0 Å². The van der Waals surface area contributed by atoms with Crippen LogP contribution in [-0.4, -0.2) is 54.4 Å². The van der Waals surface area contributed by atoms with E-state index in [2.05, 4.69) is 4.90 Å². The summed E-state index contributed by atoms with van der Waals surface area (Å²) in [4.78, 5) is 4.19. The van der Waals surface area contributed by atoms with Gasteiger partial charge in [-0.3, -0.25) is 4.90 Å². The van der Waals surface area contributed by atoms with Gasteiger partial charge >= 0.3 is 0 Å². The summed E-state index contributed by atoms with van der Waals surface area (Å²) in [6.45, 7) is 5.66. The molecule has 0 radical (unpaired) electrons. The third kappa shape index (κ3) is 3.48. The van der Waals surface area contributed by atoms with Crippen molar-refractivity contribution in [1.29, 1.82) is 0 Å². The quantitative estimate of drug-likeness (QED) is 0.876. The second-order valence-electron chi connectivity index (χ2n) is 5.26. The molecule has 2 N–H and O–H groups in total. The SMILES string of the molecule is C[C@H](O)c1cccc(F)c1N1CCCN(CCO)CC1. The van der Waals surface area contributed by atoms with Crippen LogP contribution in [0.3, 0.4) is 0 Å². The second kappa shape index (κ2) is 7.02. The maximum Gasteiger partial charge on any atom is 0.146 e. The van der Waals surface area contributed by atoms with Crippen LogP contribution in [-0.2, 0) is 0 Å². The highest BCUT2D eigenvalue weighted by atomic mass is 19.1. The molecular formula is C15H23FN2O2. The maximum atomic E-state index is 14.2. The van der Waals surface area contributed by atoms with Crippen LogP contribution in [0.2, 0.25) is 0 Å². The number of para-hydroxylation sites is 1. The van der Waals surface area contributed by atoms with Gasteiger partial charge in [0.15, 0.2) is 0 Å². The molecule has 1 aromatic carbocycles. The molecule has 5 heteroatoms. The van der Waals surface area contributed by atoms with Gasteiger partial charge in [0.1, 0.15) is 5.82 Å². The molecule has 1 aromatic rings. The molecule has 112 valence electrons. The average molecular weight is 282 g/mol. The lowest BCUT2D eigenvalue weighted by Gasteiger charge is -2.27. The first-order valence-electron chi connectivity index (χ1n) is 7.18. The molecule has 0 unspecified atom stereocenters. The normalized spacial score (nSPS) is 18.9. The fourth-order valence-corrected chi connectivity index (χ4v) is 2.76. The molecule has 1 aliphatic rings. The molecule has 1 aliphatic heterocycles. The molecular weight excluding hydrogens is 259 g/mol. The van der Waals surface area contributed by atoms with Crippen molar-refractivity contribution in [3.05, 3.63) is 29.6 Å². The largest absolute Gasteiger partial charge is 0.395 e. The third-order valence-corrected chi connectivity index (χ3v) is 3.79. The van der Waals surface area contributed by atoms with Gasteiger partial charge in [-0.25, -0.2) is 4.39 Å². The van der Waals surface area contributed by atoms with E-state index in [-0.39, 0.29) is 12.4 Å². The van der Waals surface area contributed by atoms with Crippen LogP contribution in [0.1, 0.15) is 25.0 Å². The van der Waals surface area contributed by atoms with Gasteiger partial charge in [-0.05, 0) is 26.0 Å². The van der Waals surface area contributed by atoms with E-state index in [4.69, 9.17) is 5.11 Å². The lowest BCUT2D eigenvalue weighted by molar-refractivity contribution is 0.199. The number of halogens is 1. The molecule has 1 heterocycles. The molecule has 0 aromatic heterocycles. The van der Waals surface area contributed by atoms with Crippen LogP contribution in [0.4, 0.5) is 10.1 Å². The van der Waals surface area contributed by atoms with Crippen LogP contribution < -0.4 is 4.90 Å². The van der Waals surface area contributed by atoms with Crippen LogP contribution >= 0.6 is 0 Å². The lowest BCUT2D eigenvalue weighted by atomic mass is 10.1. The first kappa shape index (κ1) is 15.2. The lowest BCUT2D eigenvalue weighted by Crippen LogP contribution is -2.33. The van der Waals surface area contributed by atoms with Gasteiger partial charge in [0.05, 0.1) is 18.4 Å². The molecule has 4 nitrogen and oxygen atoms in total.